The van der Waals surface area contributed by atoms with E-state index in [1.54, 1.807) is 6.33 Å². The summed E-state index contributed by atoms with van der Waals surface area (Å²) in [7, 11) is 0. The van der Waals surface area contributed by atoms with Crippen molar-refractivity contribution in [2.75, 3.05) is 80.1 Å². The second-order valence-corrected chi connectivity index (χ2v) is 9.50. The summed E-state index contributed by atoms with van der Waals surface area (Å²) >= 11 is 0. The van der Waals surface area contributed by atoms with Crippen molar-refractivity contribution in [1.29, 1.82) is 0 Å². The standard InChI is InChI=1S/C26H34N8O2/c1-2-7-21-20(6-1)22(15-28-24(21)27-8-4-9-33-11-13-35-14-12-33)36-16-19-5-3-10-34(19)26-23-25(30-17-29-23)31-18-32-26/h1-2,6-7,15,18-19,29H,3-5,8-14,16-17H2,(H,27,28)(H,30,31,32)/t19-/m1/s1. The first-order valence-electron chi connectivity index (χ1n) is 13.0. The monoisotopic (exact) mass is 490 g/mol. The number of hydrogen-bond acceptors (Lipinski definition) is 10. The fraction of sp³-hybridized carbons (Fsp3) is 0.500. The quantitative estimate of drug-likeness (QED) is 0.388. The van der Waals surface area contributed by atoms with E-state index in [4.69, 9.17) is 14.5 Å². The third kappa shape index (κ3) is 4.83. The molecule has 0 radical (unpaired) electrons. The average Bonchev–Trinajstić information content (AvgIpc) is 3.60. The number of aromatic nitrogens is 3. The van der Waals surface area contributed by atoms with Gasteiger partial charge in [-0.1, -0.05) is 24.3 Å². The summed E-state index contributed by atoms with van der Waals surface area (Å²) in [5.74, 6) is 3.56. The molecule has 0 bridgehead atoms. The van der Waals surface area contributed by atoms with E-state index < -0.39 is 0 Å². The first-order valence-corrected chi connectivity index (χ1v) is 13.0. The van der Waals surface area contributed by atoms with Crippen LogP contribution in [0.3, 0.4) is 0 Å². The number of rotatable bonds is 9. The molecule has 2 fully saturated rings. The van der Waals surface area contributed by atoms with Crippen LogP contribution in [0.2, 0.25) is 0 Å². The highest BCUT2D eigenvalue weighted by atomic mass is 16.5. The zero-order valence-corrected chi connectivity index (χ0v) is 20.6. The molecular formula is C26H34N8O2. The molecule has 3 aliphatic heterocycles. The van der Waals surface area contributed by atoms with Crippen molar-refractivity contribution in [2.45, 2.75) is 25.3 Å². The number of fused-ring (bicyclic) bond motifs is 2. The Morgan fingerprint density at radius 1 is 1.06 bits per heavy atom. The Morgan fingerprint density at radius 2 is 1.94 bits per heavy atom. The number of benzene rings is 1. The molecule has 10 nitrogen and oxygen atoms in total. The summed E-state index contributed by atoms with van der Waals surface area (Å²) < 4.78 is 11.8. The van der Waals surface area contributed by atoms with Gasteiger partial charge in [-0.3, -0.25) is 4.90 Å². The normalized spacial score (nSPS) is 19.7. The zero-order valence-electron chi connectivity index (χ0n) is 20.6. The van der Waals surface area contributed by atoms with Crippen LogP contribution in [-0.2, 0) is 4.74 Å². The molecule has 0 amide bonds. The minimum absolute atomic E-state index is 0.253. The maximum Gasteiger partial charge on any atom is 0.158 e. The minimum atomic E-state index is 0.253. The lowest BCUT2D eigenvalue weighted by Crippen LogP contribution is -2.37. The van der Waals surface area contributed by atoms with Crippen LogP contribution < -0.4 is 25.6 Å². The highest BCUT2D eigenvalue weighted by Crippen LogP contribution is 2.36. The summed E-state index contributed by atoms with van der Waals surface area (Å²) in [6, 6.07) is 8.60. The molecule has 0 aliphatic carbocycles. The van der Waals surface area contributed by atoms with Gasteiger partial charge in [0, 0.05) is 37.0 Å². The molecule has 1 aromatic carbocycles. The number of pyridine rings is 1. The fourth-order valence-corrected chi connectivity index (χ4v) is 5.34. The number of ether oxygens (including phenoxy) is 2. The van der Waals surface area contributed by atoms with Crippen LogP contribution >= 0.6 is 0 Å². The number of nitrogens with zero attached hydrogens (tertiary/aromatic N) is 5. The van der Waals surface area contributed by atoms with E-state index in [1.807, 2.05) is 6.20 Å². The van der Waals surface area contributed by atoms with Crippen molar-refractivity contribution in [3.05, 3.63) is 36.8 Å². The summed E-state index contributed by atoms with van der Waals surface area (Å²) in [5.41, 5.74) is 0.987. The van der Waals surface area contributed by atoms with Gasteiger partial charge in [-0.2, -0.15) is 0 Å². The lowest BCUT2D eigenvalue weighted by atomic mass is 10.1. The molecule has 3 N–H and O–H groups in total. The molecule has 6 rings (SSSR count). The molecule has 2 saturated heterocycles. The highest BCUT2D eigenvalue weighted by molar-refractivity contribution is 5.95. The van der Waals surface area contributed by atoms with Gasteiger partial charge in [0.1, 0.15) is 30.2 Å². The minimum Gasteiger partial charge on any atom is -0.489 e. The van der Waals surface area contributed by atoms with Gasteiger partial charge in [-0.05, 0) is 25.8 Å². The summed E-state index contributed by atoms with van der Waals surface area (Å²) in [6.45, 7) is 7.94. The van der Waals surface area contributed by atoms with Gasteiger partial charge in [0.05, 0.1) is 32.1 Å². The number of anilines is 4. The van der Waals surface area contributed by atoms with Crippen LogP contribution in [0.25, 0.3) is 10.8 Å². The van der Waals surface area contributed by atoms with Crippen molar-refractivity contribution < 1.29 is 9.47 Å². The van der Waals surface area contributed by atoms with Crippen molar-refractivity contribution in [2.24, 2.45) is 0 Å². The zero-order chi connectivity index (χ0) is 24.2. The van der Waals surface area contributed by atoms with E-state index in [1.165, 1.54) is 0 Å². The molecule has 0 saturated carbocycles. The van der Waals surface area contributed by atoms with Crippen LogP contribution in [0.15, 0.2) is 36.8 Å². The predicted molar refractivity (Wildman–Crippen MR) is 142 cm³/mol. The van der Waals surface area contributed by atoms with E-state index in [9.17, 15) is 0 Å². The van der Waals surface area contributed by atoms with Gasteiger partial charge >= 0.3 is 0 Å². The largest absolute Gasteiger partial charge is 0.489 e. The maximum absolute atomic E-state index is 6.40. The third-order valence-corrected chi connectivity index (χ3v) is 7.23. The number of nitrogens with one attached hydrogen (secondary N) is 3. The summed E-state index contributed by atoms with van der Waals surface area (Å²) in [6.07, 6.45) is 6.75. The highest BCUT2D eigenvalue weighted by Gasteiger charge is 2.30. The van der Waals surface area contributed by atoms with E-state index in [-0.39, 0.29) is 6.04 Å². The van der Waals surface area contributed by atoms with Gasteiger partial charge in [0.25, 0.3) is 0 Å². The van der Waals surface area contributed by atoms with E-state index in [0.29, 0.717) is 13.3 Å². The first kappa shape index (κ1) is 23.1. The molecule has 5 heterocycles. The Kier molecular flexibility index (Phi) is 6.86. The SMILES string of the molecule is c1ccc2c(NCCCN3CCOCC3)ncc(OC[C@H]3CCCN3c3ncnc4c3NCN4)c2c1. The van der Waals surface area contributed by atoms with Gasteiger partial charge in [0.2, 0.25) is 0 Å². The van der Waals surface area contributed by atoms with Crippen molar-refractivity contribution in [1.82, 2.24) is 19.9 Å². The van der Waals surface area contributed by atoms with Crippen LogP contribution in [0.4, 0.5) is 23.1 Å². The summed E-state index contributed by atoms with van der Waals surface area (Å²) in [4.78, 5) is 18.5. The van der Waals surface area contributed by atoms with Gasteiger partial charge < -0.3 is 30.3 Å². The molecule has 0 spiro atoms. The van der Waals surface area contributed by atoms with Gasteiger partial charge in [0.15, 0.2) is 11.6 Å². The number of hydrogen-bond donors (Lipinski definition) is 3. The Hall–Kier alpha value is -3.37. The van der Waals surface area contributed by atoms with E-state index >= 15 is 0 Å². The Morgan fingerprint density at radius 3 is 2.86 bits per heavy atom. The van der Waals surface area contributed by atoms with E-state index in [0.717, 1.165) is 105 Å². The average molecular weight is 491 g/mol. The number of morpholine rings is 1. The predicted octanol–water partition coefficient (Wildman–Crippen LogP) is 3.00. The van der Waals surface area contributed by atoms with Crippen LogP contribution in [-0.4, -0.2) is 85.1 Å². The fourth-order valence-electron chi connectivity index (χ4n) is 5.34. The molecular weight excluding hydrogens is 456 g/mol. The molecule has 36 heavy (non-hydrogen) atoms. The second-order valence-electron chi connectivity index (χ2n) is 9.50. The Balaban J connectivity index is 1.11. The molecule has 3 aliphatic rings. The summed E-state index contributed by atoms with van der Waals surface area (Å²) in [5, 5.41) is 12.3. The topological polar surface area (TPSA) is 99.7 Å². The third-order valence-electron chi connectivity index (χ3n) is 7.23. The maximum atomic E-state index is 6.40. The van der Waals surface area contributed by atoms with Gasteiger partial charge in [-0.25, -0.2) is 15.0 Å². The van der Waals surface area contributed by atoms with Gasteiger partial charge in [-0.15, -0.1) is 0 Å². The molecule has 3 aromatic rings. The Bertz CT molecular complexity index is 1190. The lowest BCUT2D eigenvalue weighted by Gasteiger charge is -2.27. The first-order chi connectivity index (χ1) is 17.9. The van der Waals surface area contributed by atoms with Crippen molar-refractivity contribution in [3.8, 4) is 5.75 Å². The van der Waals surface area contributed by atoms with Crippen LogP contribution in [0.1, 0.15) is 19.3 Å². The van der Waals surface area contributed by atoms with E-state index in [2.05, 4.69) is 60.0 Å². The molecule has 2 aromatic heterocycles. The van der Waals surface area contributed by atoms with Crippen molar-refractivity contribution in [3.63, 3.8) is 0 Å². The van der Waals surface area contributed by atoms with Crippen LogP contribution in [0.5, 0.6) is 5.75 Å². The van der Waals surface area contributed by atoms with Crippen molar-refractivity contribution >= 4 is 33.9 Å². The molecule has 190 valence electrons. The molecule has 1 atom stereocenters. The molecule has 0 unspecified atom stereocenters. The molecule has 10 heteroatoms. The Labute approximate surface area is 211 Å². The van der Waals surface area contributed by atoms with Crippen LogP contribution in [0, 0.1) is 0 Å². The second kappa shape index (κ2) is 10.7. The smallest absolute Gasteiger partial charge is 0.158 e. The lowest BCUT2D eigenvalue weighted by molar-refractivity contribution is 0.0378.